The summed E-state index contributed by atoms with van der Waals surface area (Å²) in [5.74, 6) is -0.389. The Morgan fingerprint density at radius 2 is 2.11 bits per heavy atom. The average molecular weight is 314 g/mol. The number of aryl methyl sites for hydroxylation is 2. The monoisotopic (exact) mass is 313 g/mol. The lowest BCUT2D eigenvalue weighted by atomic mass is 10.1. The number of carbonyl (C=O) groups is 2. The third-order valence-corrected chi connectivity index (χ3v) is 4.20. The van der Waals surface area contributed by atoms with E-state index in [1.165, 1.54) is 4.90 Å². The number of hydrogen-bond donors (Lipinski definition) is 0. The molecule has 1 aromatic heterocycles. The van der Waals surface area contributed by atoms with Crippen LogP contribution < -0.4 is 0 Å². The zero-order valence-corrected chi connectivity index (χ0v) is 12.3. The Hall–Kier alpha value is -1.17. The number of carbonyl (C=O) groups excluding carboxylic acids is 2. The van der Waals surface area contributed by atoms with Crippen molar-refractivity contribution in [3.8, 4) is 0 Å². The molecule has 6 heteroatoms. The number of likely N-dealkylation sites (tertiary alicyclic amines) is 1. The molecule has 2 heterocycles. The second-order valence-electron chi connectivity index (χ2n) is 4.61. The number of halogens is 1. The van der Waals surface area contributed by atoms with Crippen LogP contribution in [0.5, 0.6) is 0 Å². The molecule has 98 valence electrons. The van der Waals surface area contributed by atoms with Crippen LogP contribution in [-0.2, 0) is 29.6 Å². The highest BCUT2D eigenvalue weighted by molar-refractivity contribution is 9.10. The Labute approximate surface area is 114 Å². The van der Waals surface area contributed by atoms with Crippen LogP contribution in [0.3, 0.4) is 0 Å². The molecule has 2 rings (SSSR count). The first-order chi connectivity index (χ1) is 8.45. The number of imide groups is 1. The van der Waals surface area contributed by atoms with E-state index >= 15 is 0 Å². The van der Waals surface area contributed by atoms with Gasteiger partial charge in [0.25, 0.3) is 0 Å². The van der Waals surface area contributed by atoms with E-state index < -0.39 is 0 Å². The van der Waals surface area contributed by atoms with Crippen molar-refractivity contribution in [1.82, 2.24) is 14.7 Å². The van der Waals surface area contributed by atoms with E-state index in [2.05, 4.69) is 21.0 Å². The van der Waals surface area contributed by atoms with E-state index in [9.17, 15) is 9.59 Å². The molecule has 0 saturated carbocycles. The van der Waals surface area contributed by atoms with E-state index in [4.69, 9.17) is 0 Å². The predicted molar refractivity (Wildman–Crippen MR) is 69.6 cm³/mol. The smallest absolute Gasteiger partial charge is 0.232 e. The number of amides is 2. The molecule has 0 aliphatic carbocycles. The lowest BCUT2D eigenvalue weighted by molar-refractivity contribution is -0.140. The fraction of sp³-hybridized carbons (Fsp3) is 0.583. The molecule has 2 amide bonds. The molecule has 0 N–H and O–H groups in total. The Bertz CT molecular complexity index is 510. The van der Waals surface area contributed by atoms with Crippen molar-refractivity contribution in [3.63, 3.8) is 0 Å². The maximum absolute atomic E-state index is 11.9. The molecule has 5 nitrogen and oxygen atoms in total. The third kappa shape index (κ3) is 2.09. The molecule has 1 fully saturated rings. The topological polar surface area (TPSA) is 55.2 Å². The summed E-state index contributed by atoms with van der Waals surface area (Å²) >= 11 is 3.49. The van der Waals surface area contributed by atoms with Crippen LogP contribution in [0.2, 0.25) is 0 Å². The van der Waals surface area contributed by atoms with Gasteiger partial charge in [0.2, 0.25) is 11.8 Å². The Kier molecular flexibility index (Phi) is 3.56. The van der Waals surface area contributed by atoms with Gasteiger partial charge in [-0.2, -0.15) is 5.10 Å². The van der Waals surface area contributed by atoms with Gasteiger partial charge in [0.15, 0.2) is 0 Å². The normalized spacial score (nSPS) is 20.0. The van der Waals surface area contributed by atoms with Crippen LogP contribution in [0.1, 0.15) is 31.7 Å². The predicted octanol–water partition coefficient (Wildman–Crippen LogP) is 1.64. The van der Waals surface area contributed by atoms with Crippen LogP contribution in [0.15, 0.2) is 4.47 Å². The van der Waals surface area contributed by atoms with Crippen LogP contribution in [0.25, 0.3) is 0 Å². The Morgan fingerprint density at radius 1 is 1.44 bits per heavy atom. The highest BCUT2D eigenvalue weighted by atomic mass is 79.9. The molecule has 1 saturated heterocycles. The average Bonchev–Trinajstić information content (AvgIpc) is 2.72. The molecular weight excluding hydrogens is 298 g/mol. The number of rotatable bonds is 3. The van der Waals surface area contributed by atoms with Crippen molar-refractivity contribution in [2.75, 3.05) is 0 Å². The van der Waals surface area contributed by atoms with Crippen molar-refractivity contribution in [2.24, 2.45) is 13.0 Å². The molecule has 1 aromatic rings. The number of hydrogen-bond acceptors (Lipinski definition) is 3. The van der Waals surface area contributed by atoms with E-state index in [1.807, 2.05) is 14.0 Å². The molecule has 18 heavy (non-hydrogen) atoms. The van der Waals surface area contributed by atoms with Crippen molar-refractivity contribution in [1.29, 1.82) is 0 Å². The quantitative estimate of drug-likeness (QED) is 0.797. The van der Waals surface area contributed by atoms with Gasteiger partial charge in [0.05, 0.1) is 22.4 Å². The maximum Gasteiger partial charge on any atom is 0.232 e. The minimum Gasteiger partial charge on any atom is -0.276 e. The van der Waals surface area contributed by atoms with Crippen molar-refractivity contribution < 1.29 is 9.59 Å². The van der Waals surface area contributed by atoms with E-state index in [-0.39, 0.29) is 17.7 Å². The van der Waals surface area contributed by atoms with E-state index in [0.29, 0.717) is 13.0 Å². The molecule has 0 aromatic carbocycles. The summed E-state index contributed by atoms with van der Waals surface area (Å²) in [6.07, 6.45) is 1.13. The first kappa shape index (κ1) is 13.3. The lowest BCUT2D eigenvalue weighted by Crippen LogP contribution is -2.30. The summed E-state index contributed by atoms with van der Waals surface area (Å²) < 4.78 is 2.62. The van der Waals surface area contributed by atoms with Gasteiger partial charge >= 0.3 is 0 Å². The zero-order valence-electron chi connectivity index (χ0n) is 10.7. The van der Waals surface area contributed by atoms with Gasteiger partial charge in [0.1, 0.15) is 0 Å². The fourth-order valence-corrected chi connectivity index (χ4v) is 2.90. The van der Waals surface area contributed by atoms with Gasteiger partial charge in [0, 0.05) is 19.4 Å². The van der Waals surface area contributed by atoms with E-state index in [0.717, 1.165) is 22.3 Å². The molecule has 0 bridgehead atoms. The fourth-order valence-electron chi connectivity index (χ4n) is 2.16. The first-order valence-electron chi connectivity index (χ1n) is 6.00. The first-order valence-corrected chi connectivity index (χ1v) is 6.79. The maximum atomic E-state index is 11.9. The minimum atomic E-state index is -0.199. The highest BCUT2D eigenvalue weighted by Gasteiger charge is 2.36. The Morgan fingerprint density at radius 3 is 2.56 bits per heavy atom. The summed E-state index contributed by atoms with van der Waals surface area (Å²) in [4.78, 5) is 25.0. The number of aromatic nitrogens is 2. The summed E-state index contributed by atoms with van der Waals surface area (Å²) in [6.45, 7) is 4.10. The highest BCUT2D eigenvalue weighted by Crippen LogP contribution is 2.26. The second kappa shape index (κ2) is 4.84. The summed E-state index contributed by atoms with van der Waals surface area (Å²) in [5.41, 5.74) is 1.81. The zero-order chi connectivity index (χ0) is 13.4. The van der Waals surface area contributed by atoms with E-state index in [1.54, 1.807) is 11.6 Å². The number of nitrogens with zero attached hydrogens (tertiary/aromatic N) is 3. The molecule has 0 spiro atoms. The Balaban J connectivity index is 2.27. The summed E-state index contributed by atoms with van der Waals surface area (Å²) in [6, 6.07) is 0. The van der Waals surface area contributed by atoms with Crippen molar-refractivity contribution >= 4 is 27.7 Å². The third-order valence-electron chi connectivity index (χ3n) is 3.28. The van der Waals surface area contributed by atoms with Gasteiger partial charge in [-0.3, -0.25) is 19.2 Å². The molecule has 1 aliphatic rings. The SMILES string of the molecule is CCc1nn(C)c(CN2C(=O)CC(C)C2=O)c1Br. The lowest BCUT2D eigenvalue weighted by Gasteiger charge is -2.14. The minimum absolute atomic E-state index is 0.0915. The summed E-state index contributed by atoms with van der Waals surface area (Å²) in [5, 5.41) is 4.36. The molecule has 0 radical (unpaired) electrons. The van der Waals surface area contributed by atoms with Gasteiger partial charge < -0.3 is 0 Å². The second-order valence-corrected chi connectivity index (χ2v) is 5.40. The van der Waals surface area contributed by atoms with Crippen molar-refractivity contribution in [3.05, 3.63) is 15.9 Å². The van der Waals surface area contributed by atoms with Gasteiger partial charge in [-0.1, -0.05) is 13.8 Å². The van der Waals surface area contributed by atoms with Crippen LogP contribution in [0, 0.1) is 5.92 Å². The van der Waals surface area contributed by atoms with Gasteiger partial charge in [-0.05, 0) is 22.4 Å². The van der Waals surface area contributed by atoms with Crippen LogP contribution >= 0.6 is 15.9 Å². The van der Waals surface area contributed by atoms with Crippen molar-refractivity contribution in [2.45, 2.75) is 33.2 Å². The van der Waals surface area contributed by atoms with Gasteiger partial charge in [-0.25, -0.2) is 0 Å². The molecule has 1 aliphatic heterocycles. The molecule has 1 unspecified atom stereocenters. The standard InChI is InChI=1S/C12H16BrN3O2/c1-4-8-11(13)9(15(3)14-8)6-16-10(17)5-7(2)12(16)18/h7H,4-6H2,1-3H3. The molecular formula is C12H16BrN3O2. The van der Waals surface area contributed by atoms with Crippen LogP contribution in [-0.4, -0.2) is 26.5 Å². The molecule has 1 atom stereocenters. The largest absolute Gasteiger partial charge is 0.276 e. The van der Waals surface area contributed by atoms with Gasteiger partial charge in [-0.15, -0.1) is 0 Å². The summed E-state index contributed by atoms with van der Waals surface area (Å²) in [7, 11) is 1.83. The van der Waals surface area contributed by atoms with Crippen LogP contribution in [0.4, 0.5) is 0 Å².